The van der Waals surface area contributed by atoms with Crippen LogP contribution >= 0.6 is 0 Å². The number of nitrogens with zero attached hydrogens (tertiary/aromatic N) is 2. The van der Waals surface area contributed by atoms with Gasteiger partial charge in [0.15, 0.2) is 5.78 Å². The smallest absolute Gasteiger partial charge is 0.366 e. The van der Waals surface area contributed by atoms with Crippen molar-refractivity contribution in [3.63, 3.8) is 0 Å². The maximum atomic E-state index is 13.1. The van der Waals surface area contributed by atoms with Crippen molar-refractivity contribution in [1.82, 2.24) is 9.97 Å². The van der Waals surface area contributed by atoms with Gasteiger partial charge in [-0.15, -0.1) is 0 Å². The second kappa shape index (κ2) is 9.69. The normalized spacial score (nSPS) is 12.7. The number of unbranched alkanes of at least 4 members (excludes halogenated alkanes) is 1. The van der Waals surface area contributed by atoms with E-state index in [0.29, 0.717) is 12.2 Å². The zero-order valence-corrected chi connectivity index (χ0v) is 16.7. The van der Waals surface area contributed by atoms with Gasteiger partial charge in [-0.1, -0.05) is 43.7 Å². The molecule has 3 rings (SSSR count). The van der Waals surface area contributed by atoms with E-state index in [1.54, 1.807) is 6.20 Å². The van der Waals surface area contributed by atoms with E-state index in [1.165, 1.54) is 18.2 Å². The molecular formula is C23H24F3N3O. The summed E-state index contributed by atoms with van der Waals surface area (Å²) in [5.41, 5.74) is 0.527. The van der Waals surface area contributed by atoms with Crippen LogP contribution < -0.4 is 5.32 Å². The topological polar surface area (TPSA) is 54.9 Å². The minimum Gasteiger partial charge on any atom is -0.366 e. The van der Waals surface area contributed by atoms with Crippen molar-refractivity contribution in [3.05, 3.63) is 65.9 Å². The van der Waals surface area contributed by atoms with Crippen molar-refractivity contribution in [2.45, 2.75) is 51.2 Å². The zero-order chi connectivity index (χ0) is 21.6. The summed E-state index contributed by atoms with van der Waals surface area (Å²) in [6.45, 7) is 2.05. The monoisotopic (exact) mass is 415 g/mol. The first-order valence-corrected chi connectivity index (χ1v) is 10.1. The molecule has 0 aliphatic rings. The van der Waals surface area contributed by atoms with E-state index < -0.39 is 17.5 Å². The third kappa shape index (κ3) is 5.55. The fraction of sp³-hybridized carbons (Fsp3) is 0.348. The molecule has 30 heavy (non-hydrogen) atoms. The van der Waals surface area contributed by atoms with Crippen LogP contribution in [0.15, 0.2) is 54.7 Å². The third-order valence-electron chi connectivity index (χ3n) is 5.03. The number of carbonyl (C=O) groups excluding carboxylic acids is 1. The number of aromatic nitrogens is 2. The van der Waals surface area contributed by atoms with Gasteiger partial charge in [0.1, 0.15) is 5.82 Å². The van der Waals surface area contributed by atoms with Gasteiger partial charge in [0, 0.05) is 18.0 Å². The number of carbonyl (C=O) groups is 1. The molecule has 1 heterocycles. The number of hydrogen-bond donors (Lipinski definition) is 1. The lowest BCUT2D eigenvalue weighted by Gasteiger charge is -2.17. The van der Waals surface area contributed by atoms with Crippen molar-refractivity contribution < 1.29 is 18.0 Å². The van der Waals surface area contributed by atoms with Crippen LogP contribution in [0.1, 0.15) is 54.9 Å². The number of ketones is 1. The van der Waals surface area contributed by atoms with Gasteiger partial charge in [-0.05, 0) is 37.5 Å². The molecule has 0 fully saturated rings. The summed E-state index contributed by atoms with van der Waals surface area (Å²) in [5.74, 6) is 0.222. The first-order valence-electron chi connectivity index (χ1n) is 10.1. The number of para-hydroxylation sites is 2. The van der Waals surface area contributed by atoms with Crippen LogP contribution in [0.3, 0.4) is 0 Å². The van der Waals surface area contributed by atoms with Gasteiger partial charge in [-0.3, -0.25) is 9.78 Å². The maximum Gasteiger partial charge on any atom is 0.417 e. The third-order valence-corrected chi connectivity index (χ3v) is 5.03. The molecule has 0 bridgehead atoms. The molecule has 1 atom stereocenters. The summed E-state index contributed by atoms with van der Waals surface area (Å²) in [6, 6.07) is 12.7. The number of Topliss-reactive ketones (excluding diaryl/α,β-unsaturated/α-hetero) is 1. The van der Waals surface area contributed by atoms with Crippen LogP contribution in [0.5, 0.6) is 0 Å². The van der Waals surface area contributed by atoms with Gasteiger partial charge < -0.3 is 5.32 Å². The zero-order valence-electron chi connectivity index (χ0n) is 16.7. The molecule has 0 saturated heterocycles. The van der Waals surface area contributed by atoms with Crippen molar-refractivity contribution in [2.24, 2.45) is 0 Å². The molecule has 0 amide bonds. The summed E-state index contributed by atoms with van der Waals surface area (Å²) in [6.07, 6.45) is 0.184. The fourth-order valence-electron chi connectivity index (χ4n) is 3.40. The van der Waals surface area contributed by atoms with Crippen LogP contribution in [0.25, 0.3) is 11.0 Å². The quantitative estimate of drug-likeness (QED) is 0.330. The van der Waals surface area contributed by atoms with Gasteiger partial charge in [-0.2, -0.15) is 13.2 Å². The van der Waals surface area contributed by atoms with E-state index in [0.717, 1.165) is 36.4 Å². The number of nitrogens with one attached hydrogen (secondary N) is 1. The Bertz CT molecular complexity index is 1000. The van der Waals surface area contributed by atoms with Crippen molar-refractivity contribution in [1.29, 1.82) is 0 Å². The molecule has 0 unspecified atom stereocenters. The van der Waals surface area contributed by atoms with Crippen molar-refractivity contribution in [3.8, 4) is 0 Å². The van der Waals surface area contributed by atoms with E-state index in [-0.39, 0.29) is 18.0 Å². The van der Waals surface area contributed by atoms with Crippen LogP contribution in [0, 0.1) is 0 Å². The molecule has 7 heteroatoms. The predicted octanol–water partition coefficient (Wildman–Crippen LogP) is 6.28. The van der Waals surface area contributed by atoms with E-state index in [2.05, 4.69) is 22.2 Å². The number of hydrogen-bond acceptors (Lipinski definition) is 4. The Morgan fingerprint density at radius 1 is 1.03 bits per heavy atom. The second-order valence-electron chi connectivity index (χ2n) is 7.21. The van der Waals surface area contributed by atoms with Gasteiger partial charge in [0.05, 0.1) is 22.8 Å². The number of alkyl halides is 3. The lowest BCUT2D eigenvalue weighted by atomic mass is 9.98. The first kappa shape index (κ1) is 21.7. The highest BCUT2D eigenvalue weighted by Gasteiger charge is 2.34. The highest BCUT2D eigenvalue weighted by Crippen LogP contribution is 2.32. The van der Waals surface area contributed by atoms with Gasteiger partial charge in [0.2, 0.25) is 0 Å². The molecule has 4 nitrogen and oxygen atoms in total. The maximum absolute atomic E-state index is 13.1. The average Bonchev–Trinajstić information content (AvgIpc) is 2.75. The molecule has 3 aromatic rings. The summed E-state index contributed by atoms with van der Waals surface area (Å²) < 4.78 is 39.2. The molecular weight excluding hydrogens is 391 g/mol. The standard InChI is InChI=1S/C23H24F3N3O/c1-2-16(28-22-15-27-19-12-6-7-13-20(19)29-22)9-3-8-14-21(30)17-10-4-5-11-18(17)23(24,25)26/h4-7,10-13,15-16H,2-3,8-9,14H2,1H3,(H,28,29)/t16-/m0/s1. The van der Waals surface area contributed by atoms with Crippen LogP contribution in [0.2, 0.25) is 0 Å². The number of rotatable bonds is 9. The Morgan fingerprint density at radius 3 is 2.47 bits per heavy atom. The first-order chi connectivity index (χ1) is 14.4. The summed E-state index contributed by atoms with van der Waals surface area (Å²) in [4.78, 5) is 21.3. The number of halogens is 3. The van der Waals surface area contributed by atoms with Crippen molar-refractivity contribution >= 4 is 22.6 Å². The summed E-state index contributed by atoms with van der Waals surface area (Å²) in [5, 5.41) is 3.36. The molecule has 158 valence electrons. The van der Waals surface area contributed by atoms with Crippen LogP contribution in [0.4, 0.5) is 19.0 Å². The molecule has 0 radical (unpaired) electrons. The Kier molecular flexibility index (Phi) is 7.03. The van der Waals surface area contributed by atoms with Crippen LogP contribution in [-0.4, -0.2) is 21.8 Å². The molecule has 1 aromatic heterocycles. The lowest BCUT2D eigenvalue weighted by Crippen LogP contribution is -2.19. The SMILES string of the molecule is CC[C@@H](CCCCC(=O)c1ccccc1C(F)(F)F)Nc1cnc2ccccc2n1. The highest BCUT2D eigenvalue weighted by atomic mass is 19.4. The Morgan fingerprint density at radius 2 is 1.73 bits per heavy atom. The molecule has 1 N–H and O–H groups in total. The highest BCUT2D eigenvalue weighted by molar-refractivity contribution is 5.97. The number of fused-ring (bicyclic) bond motifs is 1. The van der Waals surface area contributed by atoms with Gasteiger partial charge >= 0.3 is 6.18 Å². The fourth-order valence-corrected chi connectivity index (χ4v) is 3.40. The Balaban J connectivity index is 1.52. The predicted molar refractivity (Wildman–Crippen MR) is 111 cm³/mol. The van der Waals surface area contributed by atoms with Gasteiger partial charge in [-0.25, -0.2) is 4.98 Å². The van der Waals surface area contributed by atoms with E-state index in [4.69, 9.17) is 0 Å². The van der Waals surface area contributed by atoms with Crippen molar-refractivity contribution in [2.75, 3.05) is 5.32 Å². The summed E-state index contributed by atoms with van der Waals surface area (Å²) >= 11 is 0. The number of benzene rings is 2. The number of anilines is 1. The summed E-state index contributed by atoms with van der Waals surface area (Å²) in [7, 11) is 0. The minimum absolute atomic E-state index is 0.0965. The second-order valence-corrected chi connectivity index (χ2v) is 7.21. The Labute approximate surface area is 173 Å². The van der Waals surface area contributed by atoms with E-state index in [1.807, 2.05) is 24.3 Å². The molecule has 0 saturated carbocycles. The molecule has 0 aliphatic carbocycles. The Hall–Kier alpha value is -2.96. The van der Waals surface area contributed by atoms with E-state index in [9.17, 15) is 18.0 Å². The largest absolute Gasteiger partial charge is 0.417 e. The lowest BCUT2D eigenvalue weighted by molar-refractivity contribution is -0.137. The average molecular weight is 415 g/mol. The molecule has 2 aromatic carbocycles. The van der Waals surface area contributed by atoms with E-state index >= 15 is 0 Å². The minimum atomic E-state index is -4.52. The van der Waals surface area contributed by atoms with Crippen LogP contribution in [-0.2, 0) is 6.18 Å². The molecule has 0 spiro atoms. The van der Waals surface area contributed by atoms with Gasteiger partial charge in [0.25, 0.3) is 0 Å². The molecule has 0 aliphatic heterocycles.